The third kappa shape index (κ3) is 3.22. The Morgan fingerprint density at radius 1 is 1.63 bits per heavy atom. The number of fused-ring (bicyclic) bond motifs is 1. The van der Waals surface area contributed by atoms with Crippen LogP contribution in [0.3, 0.4) is 0 Å². The minimum Gasteiger partial charge on any atom is -0.462 e. The Labute approximate surface area is 116 Å². The lowest BCUT2D eigenvalue weighted by atomic mass is 9.87. The van der Waals surface area contributed by atoms with Crippen LogP contribution in [-0.2, 0) is 22.2 Å². The second-order valence-electron chi connectivity index (χ2n) is 4.48. The van der Waals surface area contributed by atoms with Crippen molar-refractivity contribution < 1.29 is 14.2 Å². The molecule has 1 atom stereocenters. The molecule has 0 saturated heterocycles. The van der Waals surface area contributed by atoms with Gasteiger partial charge in [0.25, 0.3) is 0 Å². The molecule has 0 bridgehead atoms. The highest BCUT2D eigenvalue weighted by Crippen LogP contribution is 2.32. The summed E-state index contributed by atoms with van der Waals surface area (Å²) in [4.78, 5) is 23.3. The lowest BCUT2D eigenvalue weighted by Crippen LogP contribution is -2.27. The fourth-order valence-corrected chi connectivity index (χ4v) is 3.42. The van der Waals surface area contributed by atoms with E-state index >= 15 is 0 Å². The van der Waals surface area contributed by atoms with E-state index in [2.05, 4.69) is 5.09 Å². The summed E-state index contributed by atoms with van der Waals surface area (Å²) >= 11 is 1.56. The van der Waals surface area contributed by atoms with Gasteiger partial charge >= 0.3 is 13.0 Å². The zero-order valence-corrected chi connectivity index (χ0v) is 11.9. The van der Waals surface area contributed by atoms with Crippen molar-refractivity contribution >= 4 is 24.4 Å². The van der Waals surface area contributed by atoms with Gasteiger partial charge in [-0.15, -0.1) is 16.4 Å². The van der Waals surface area contributed by atoms with Crippen molar-refractivity contribution in [2.45, 2.75) is 39.1 Å². The van der Waals surface area contributed by atoms with Crippen molar-refractivity contribution in [1.29, 1.82) is 0 Å². The predicted molar refractivity (Wildman–Crippen MR) is 74.6 cm³/mol. The highest BCUT2D eigenvalue weighted by atomic mass is 32.1. The van der Waals surface area contributed by atoms with Crippen molar-refractivity contribution in [3.63, 3.8) is 0 Å². The monoisotopic (exact) mass is 281 g/mol. The van der Waals surface area contributed by atoms with Gasteiger partial charge in [0.2, 0.25) is 0 Å². The lowest BCUT2D eigenvalue weighted by Gasteiger charge is -2.23. The molecule has 0 radical (unpaired) electrons. The molecule has 102 valence electrons. The second-order valence-corrected chi connectivity index (χ2v) is 5.44. The lowest BCUT2D eigenvalue weighted by molar-refractivity contribution is 0.0524. The molecule has 1 aromatic rings. The van der Waals surface area contributed by atoms with Crippen LogP contribution in [0.1, 0.15) is 34.1 Å². The average Bonchev–Trinajstić information content (AvgIpc) is 2.82. The van der Waals surface area contributed by atoms with Crippen LogP contribution < -0.4 is 0 Å². The van der Waals surface area contributed by atoms with E-state index < -0.39 is 7.05 Å². The molecule has 1 aliphatic rings. The van der Waals surface area contributed by atoms with Gasteiger partial charge in [0.05, 0.1) is 12.2 Å². The van der Waals surface area contributed by atoms with Crippen LogP contribution in [0.2, 0.25) is 6.82 Å². The smallest absolute Gasteiger partial charge is 0.462 e. The molecular weight excluding hydrogens is 265 g/mol. The first-order valence-corrected chi connectivity index (χ1v) is 7.28. The molecule has 1 aliphatic carbocycles. The third-order valence-corrected chi connectivity index (χ3v) is 4.19. The summed E-state index contributed by atoms with van der Waals surface area (Å²) in [5.74, 6) is -0.248. The molecular formula is C12H16BNO4S. The molecule has 0 aliphatic heterocycles. The Balaban J connectivity index is 2.07. The second kappa shape index (κ2) is 6.30. The summed E-state index contributed by atoms with van der Waals surface area (Å²) < 4.78 is 10.6. The molecule has 7 heteroatoms. The SMILES string of the molecule is CCOC(=O)c1csc2c1CCC(OB(C)N=O)C2. The molecule has 0 N–H and O–H groups in total. The quantitative estimate of drug-likeness (QED) is 0.473. The number of nitroso groups, excluding NO2 is 1. The first-order valence-electron chi connectivity index (χ1n) is 6.40. The van der Waals surface area contributed by atoms with Crippen LogP contribution in [0.4, 0.5) is 0 Å². The highest BCUT2D eigenvalue weighted by Gasteiger charge is 2.28. The Morgan fingerprint density at radius 2 is 2.42 bits per heavy atom. The largest absolute Gasteiger partial charge is 0.483 e. The van der Waals surface area contributed by atoms with Crippen molar-refractivity contribution in [3.8, 4) is 0 Å². The summed E-state index contributed by atoms with van der Waals surface area (Å²) in [6.07, 6.45) is 2.33. The van der Waals surface area contributed by atoms with Crippen molar-refractivity contribution in [1.82, 2.24) is 0 Å². The van der Waals surface area contributed by atoms with Gasteiger partial charge in [0.1, 0.15) is 0 Å². The van der Waals surface area contributed by atoms with Gasteiger partial charge in [-0.25, -0.2) is 4.79 Å². The summed E-state index contributed by atoms with van der Waals surface area (Å²) in [5, 5.41) is 4.71. The molecule has 0 fully saturated rings. The van der Waals surface area contributed by atoms with Crippen molar-refractivity contribution in [2.75, 3.05) is 6.61 Å². The Bertz CT molecular complexity index is 476. The molecule has 2 rings (SSSR count). The summed E-state index contributed by atoms with van der Waals surface area (Å²) in [5.41, 5.74) is 1.76. The molecule has 5 nitrogen and oxygen atoms in total. The van der Waals surface area contributed by atoms with E-state index in [4.69, 9.17) is 9.39 Å². The molecule has 0 amide bonds. The van der Waals surface area contributed by atoms with E-state index in [9.17, 15) is 9.70 Å². The van der Waals surface area contributed by atoms with Gasteiger partial charge in [-0.05, 0) is 32.2 Å². The molecule has 1 unspecified atom stereocenters. The molecule has 19 heavy (non-hydrogen) atoms. The number of esters is 1. The van der Waals surface area contributed by atoms with Crippen LogP contribution in [0, 0.1) is 4.91 Å². The first kappa shape index (κ1) is 14.2. The number of nitrogens with zero attached hydrogens (tertiary/aromatic N) is 1. The van der Waals surface area contributed by atoms with E-state index in [1.165, 1.54) is 0 Å². The van der Waals surface area contributed by atoms with E-state index in [0.717, 1.165) is 29.7 Å². The maximum absolute atomic E-state index is 11.8. The first-order chi connectivity index (χ1) is 9.15. The predicted octanol–water partition coefficient (Wildman–Crippen LogP) is 2.68. The Morgan fingerprint density at radius 3 is 3.11 bits per heavy atom. The van der Waals surface area contributed by atoms with Crippen LogP contribution >= 0.6 is 11.3 Å². The van der Waals surface area contributed by atoms with Gasteiger partial charge < -0.3 is 9.39 Å². The highest BCUT2D eigenvalue weighted by molar-refractivity contribution is 7.10. The van der Waals surface area contributed by atoms with Crippen molar-refractivity contribution in [3.05, 3.63) is 26.3 Å². The minimum absolute atomic E-state index is 0.00824. The number of hydrogen-bond donors (Lipinski definition) is 0. The zero-order chi connectivity index (χ0) is 13.8. The number of carbonyl (C=O) groups is 1. The van der Waals surface area contributed by atoms with Crippen LogP contribution in [0.5, 0.6) is 0 Å². The van der Waals surface area contributed by atoms with E-state index in [1.807, 2.05) is 5.38 Å². The maximum Gasteiger partial charge on any atom is 0.483 e. The van der Waals surface area contributed by atoms with Gasteiger partial charge in [0.15, 0.2) is 0 Å². The standard InChI is InChI=1S/C12H16BNO4S/c1-3-17-12(15)10-7-19-11-6-8(4-5-9(10)11)18-13(2)14-16/h7-8H,3-6H2,1-2H3. The fourth-order valence-electron chi connectivity index (χ4n) is 2.28. The minimum atomic E-state index is -0.615. The van der Waals surface area contributed by atoms with Gasteiger partial charge in [-0.2, -0.15) is 4.91 Å². The van der Waals surface area contributed by atoms with Gasteiger partial charge in [-0.1, -0.05) is 0 Å². The molecule has 0 aromatic carbocycles. The van der Waals surface area contributed by atoms with Gasteiger partial charge in [0, 0.05) is 22.8 Å². The summed E-state index contributed by atoms with van der Waals surface area (Å²) in [6, 6.07) is 0. The Hall–Kier alpha value is -1.21. The normalized spacial score (nSPS) is 17.7. The molecule has 1 aromatic heterocycles. The summed E-state index contributed by atoms with van der Waals surface area (Å²) in [6.45, 7) is 3.83. The maximum atomic E-state index is 11.8. The number of rotatable bonds is 5. The number of ether oxygens (including phenoxy) is 1. The van der Waals surface area contributed by atoms with E-state index in [1.54, 1.807) is 25.1 Å². The van der Waals surface area contributed by atoms with Gasteiger partial charge in [-0.3, -0.25) is 0 Å². The van der Waals surface area contributed by atoms with Crippen LogP contribution in [0.25, 0.3) is 0 Å². The Kier molecular flexibility index (Phi) is 4.71. The van der Waals surface area contributed by atoms with Crippen molar-refractivity contribution in [2.24, 2.45) is 5.09 Å². The zero-order valence-electron chi connectivity index (χ0n) is 11.0. The topological polar surface area (TPSA) is 65.0 Å². The van der Waals surface area contributed by atoms with E-state index in [0.29, 0.717) is 12.2 Å². The summed E-state index contributed by atoms with van der Waals surface area (Å²) in [7, 11) is -0.615. The van der Waals surface area contributed by atoms with Crippen LogP contribution in [0.15, 0.2) is 10.5 Å². The average molecular weight is 281 g/mol. The third-order valence-electron chi connectivity index (χ3n) is 3.14. The fraction of sp³-hybridized carbons (Fsp3) is 0.583. The van der Waals surface area contributed by atoms with E-state index in [-0.39, 0.29) is 12.1 Å². The number of carbonyl (C=O) groups excluding carboxylic acids is 1. The number of thiophene rings is 1. The number of hydrogen-bond acceptors (Lipinski definition) is 6. The van der Waals surface area contributed by atoms with Crippen LogP contribution in [-0.4, -0.2) is 25.7 Å². The molecule has 0 saturated carbocycles. The molecule has 1 heterocycles. The molecule has 0 spiro atoms.